The zero-order valence-corrected chi connectivity index (χ0v) is 18.7. The summed E-state index contributed by atoms with van der Waals surface area (Å²) in [5.74, 6) is 0.197. The van der Waals surface area contributed by atoms with E-state index in [2.05, 4.69) is 9.97 Å². The molecule has 2 rings (SSSR count). The van der Waals surface area contributed by atoms with Gasteiger partial charge in [-0.25, -0.2) is 14.8 Å². The predicted octanol–water partition coefficient (Wildman–Crippen LogP) is 1.52. The number of carbonyl (C=O) groups is 1. The summed E-state index contributed by atoms with van der Waals surface area (Å²) in [4.78, 5) is 47.0. The Morgan fingerprint density at radius 2 is 1.97 bits per heavy atom. The van der Waals surface area contributed by atoms with Crippen LogP contribution in [0.2, 0.25) is 0 Å². The van der Waals surface area contributed by atoms with Crippen LogP contribution in [0.15, 0.2) is 25.9 Å². The number of thioether (sulfide) groups is 1. The lowest BCUT2D eigenvalue weighted by Crippen LogP contribution is -2.39. The lowest BCUT2D eigenvalue weighted by molar-refractivity contribution is -0.112. The second kappa shape index (κ2) is 9.71. The molecule has 0 saturated carbocycles. The Balaban J connectivity index is 2.71. The van der Waals surface area contributed by atoms with Gasteiger partial charge in [0.2, 0.25) is 0 Å². The van der Waals surface area contributed by atoms with Gasteiger partial charge in [-0.15, -0.1) is 0 Å². The van der Waals surface area contributed by atoms with Crippen molar-refractivity contribution < 1.29 is 4.79 Å². The fraction of sp³-hybridized carbons (Fsp3) is 0.500. The van der Waals surface area contributed by atoms with E-state index in [9.17, 15) is 14.4 Å². The normalized spacial score (nSPS) is 12.2. The highest BCUT2D eigenvalue weighted by molar-refractivity contribution is 8.00. The number of nitriles is 1. The molecule has 2 heterocycles. The number of aryl methyl sites for hydroxylation is 1. The minimum Gasteiger partial charge on any atom is -0.401 e. The zero-order chi connectivity index (χ0) is 22.6. The molecule has 0 radical (unpaired) electrons. The summed E-state index contributed by atoms with van der Waals surface area (Å²) < 4.78 is 2.50. The van der Waals surface area contributed by atoms with Crippen LogP contribution < -0.4 is 17.0 Å². The number of carbonyl (C=O) groups excluding carboxylic acids is 1. The number of allylic oxidation sites excluding steroid dienone is 2. The Bertz CT molecular complexity index is 1170. The largest absolute Gasteiger partial charge is 0.401 e. The predicted molar refractivity (Wildman–Crippen MR) is 116 cm³/mol. The summed E-state index contributed by atoms with van der Waals surface area (Å²) in [6.45, 7) is 7.85. The van der Waals surface area contributed by atoms with Gasteiger partial charge in [0.15, 0.2) is 11.4 Å². The second-order valence-corrected chi connectivity index (χ2v) is 8.39. The molecule has 2 aromatic heterocycles. The highest BCUT2D eigenvalue weighted by Gasteiger charge is 2.21. The van der Waals surface area contributed by atoms with Crippen LogP contribution in [0, 0.1) is 17.2 Å². The van der Waals surface area contributed by atoms with Gasteiger partial charge >= 0.3 is 5.69 Å². The first kappa shape index (κ1) is 23.3. The van der Waals surface area contributed by atoms with Gasteiger partial charge in [0.05, 0.1) is 5.75 Å². The summed E-state index contributed by atoms with van der Waals surface area (Å²) in [6.07, 6.45) is 1.24. The molecule has 0 spiro atoms. The van der Waals surface area contributed by atoms with Crippen molar-refractivity contribution in [3.8, 4) is 6.07 Å². The Labute approximate surface area is 178 Å². The first-order chi connectivity index (χ1) is 14.1. The average molecular weight is 431 g/mol. The topological polar surface area (TPSA) is 137 Å². The molecule has 2 aromatic rings. The van der Waals surface area contributed by atoms with Gasteiger partial charge < -0.3 is 5.73 Å². The van der Waals surface area contributed by atoms with Gasteiger partial charge in [-0.1, -0.05) is 32.5 Å². The van der Waals surface area contributed by atoms with Crippen LogP contribution >= 0.6 is 11.8 Å². The lowest BCUT2D eigenvalue weighted by atomic mass is 10.1. The molecule has 2 N–H and O–H groups in total. The molecule has 0 aromatic carbocycles. The number of aromatic nitrogens is 4. The highest BCUT2D eigenvalue weighted by atomic mass is 32.2. The van der Waals surface area contributed by atoms with E-state index in [4.69, 9.17) is 11.0 Å². The van der Waals surface area contributed by atoms with Crippen molar-refractivity contribution in [2.45, 2.75) is 52.1 Å². The number of nitrogens with zero attached hydrogens (tertiary/aromatic N) is 5. The van der Waals surface area contributed by atoms with Gasteiger partial charge in [0, 0.05) is 25.7 Å². The van der Waals surface area contributed by atoms with E-state index in [1.165, 1.54) is 18.5 Å². The summed E-state index contributed by atoms with van der Waals surface area (Å²) >= 11 is 1.05. The van der Waals surface area contributed by atoms with Crippen molar-refractivity contribution in [3.05, 3.63) is 37.9 Å². The molecule has 0 unspecified atom stereocenters. The van der Waals surface area contributed by atoms with Crippen LogP contribution in [0.1, 0.15) is 39.9 Å². The zero-order valence-electron chi connectivity index (χ0n) is 17.9. The molecule has 0 aliphatic carbocycles. The summed E-state index contributed by atoms with van der Waals surface area (Å²) in [5.41, 5.74) is 4.96. The van der Waals surface area contributed by atoms with Gasteiger partial charge in [-0.3, -0.25) is 18.7 Å². The average Bonchev–Trinajstić information content (AvgIpc) is 2.67. The van der Waals surface area contributed by atoms with E-state index >= 15 is 0 Å². The number of rotatable bonds is 8. The van der Waals surface area contributed by atoms with E-state index < -0.39 is 17.0 Å². The summed E-state index contributed by atoms with van der Waals surface area (Å²) in [7, 11) is 1.41. The molecule has 30 heavy (non-hydrogen) atoms. The first-order valence-corrected chi connectivity index (χ1v) is 10.6. The molecule has 10 heteroatoms. The molecule has 0 amide bonds. The number of hydrogen-bond acceptors (Lipinski definition) is 8. The monoisotopic (exact) mass is 430 g/mol. The third-order valence-electron chi connectivity index (χ3n) is 4.36. The van der Waals surface area contributed by atoms with Crippen LogP contribution in [0.3, 0.4) is 0 Å². The van der Waals surface area contributed by atoms with E-state index in [0.717, 1.165) is 16.3 Å². The Morgan fingerprint density at radius 3 is 2.50 bits per heavy atom. The summed E-state index contributed by atoms with van der Waals surface area (Å²) in [6, 6.07) is 1.81. The van der Waals surface area contributed by atoms with Crippen molar-refractivity contribution >= 4 is 28.6 Å². The quantitative estimate of drug-likeness (QED) is 0.288. The number of ketones is 1. The number of fused-ring (bicyclic) bond motifs is 1. The molecule has 0 saturated heterocycles. The second-order valence-electron chi connectivity index (χ2n) is 7.42. The molecule has 9 nitrogen and oxygen atoms in total. The molecule has 0 aliphatic rings. The molecular formula is C20H26N6O3S. The van der Waals surface area contributed by atoms with Crippen molar-refractivity contribution in [1.29, 1.82) is 5.26 Å². The van der Waals surface area contributed by atoms with Gasteiger partial charge in [0.25, 0.3) is 5.56 Å². The third kappa shape index (κ3) is 4.79. The Kier molecular flexibility index (Phi) is 7.56. The molecule has 160 valence electrons. The SMILES string of the molecule is CCCn1c(=O)n(C)c(=O)c2c(SCC(=O)/C(C#N)=C(/C)N)nc(CC(C)C)nc21. The van der Waals surface area contributed by atoms with Crippen molar-refractivity contribution in [1.82, 2.24) is 19.1 Å². The van der Waals surface area contributed by atoms with Crippen LogP contribution in [0.4, 0.5) is 0 Å². The maximum absolute atomic E-state index is 12.9. The minimum absolute atomic E-state index is 0.110. The fourth-order valence-electron chi connectivity index (χ4n) is 2.94. The van der Waals surface area contributed by atoms with Crippen LogP contribution in [-0.4, -0.2) is 30.6 Å². The minimum atomic E-state index is -0.514. The molecule has 0 aliphatic heterocycles. The Morgan fingerprint density at radius 1 is 1.30 bits per heavy atom. The summed E-state index contributed by atoms with van der Waals surface area (Å²) in [5, 5.41) is 9.67. The van der Waals surface area contributed by atoms with E-state index in [1.54, 1.807) is 0 Å². The standard InChI is InChI=1S/C20H26N6O3S/c1-6-7-26-17-16(19(28)25(5)20(26)29)18(24-15(23-17)8-11(2)3)30-10-14(27)13(9-21)12(4)22/h11H,6-8,10,22H2,1-5H3/b13-12-. The number of Topliss-reactive ketones (excluding diaryl/α,β-unsaturated/α-hetero) is 1. The van der Waals surface area contributed by atoms with E-state index in [0.29, 0.717) is 30.2 Å². The molecule has 0 fully saturated rings. The molecular weight excluding hydrogens is 404 g/mol. The van der Waals surface area contributed by atoms with Crippen LogP contribution in [0.5, 0.6) is 0 Å². The maximum Gasteiger partial charge on any atom is 0.332 e. The van der Waals surface area contributed by atoms with E-state index in [1.807, 2.05) is 26.8 Å². The number of hydrogen-bond donors (Lipinski definition) is 1. The molecule has 0 bridgehead atoms. The van der Waals surface area contributed by atoms with Crippen LogP contribution in [0.25, 0.3) is 11.0 Å². The highest BCUT2D eigenvalue weighted by Crippen LogP contribution is 2.24. The van der Waals surface area contributed by atoms with Crippen molar-refractivity contribution in [3.63, 3.8) is 0 Å². The van der Waals surface area contributed by atoms with Gasteiger partial charge in [-0.2, -0.15) is 5.26 Å². The number of nitrogens with two attached hydrogens (primary N) is 1. The third-order valence-corrected chi connectivity index (χ3v) is 5.33. The van der Waals surface area contributed by atoms with E-state index in [-0.39, 0.29) is 34.0 Å². The van der Waals surface area contributed by atoms with Crippen molar-refractivity contribution in [2.24, 2.45) is 18.7 Å². The smallest absolute Gasteiger partial charge is 0.332 e. The van der Waals surface area contributed by atoms with Crippen LogP contribution in [-0.2, 0) is 24.8 Å². The fourth-order valence-corrected chi connectivity index (χ4v) is 3.85. The van der Waals surface area contributed by atoms with Gasteiger partial charge in [0.1, 0.15) is 27.9 Å². The lowest BCUT2D eigenvalue weighted by Gasteiger charge is -2.14. The maximum atomic E-state index is 12.9. The Hall–Kier alpha value is -2.93. The molecule has 0 atom stereocenters. The first-order valence-electron chi connectivity index (χ1n) is 9.65. The van der Waals surface area contributed by atoms with Crippen molar-refractivity contribution in [2.75, 3.05) is 5.75 Å². The van der Waals surface area contributed by atoms with Gasteiger partial charge in [-0.05, 0) is 19.3 Å².